The van der Waals surface area contributed by atoms with E-state index in [0.717, 1.165) is 24.8 Å². The molecule has 1 saturated heterocycles. The van der Waals surface area contributed by atoms with Crippen LogP contribution in [-0.4, -0.2) is 82.8 Å². The van der Waals surface area contributed by atoms with Gasteiger partial charge in [0.05, 0.1) is 18.3 Å². The van der Waals surface area contributed by atoms with Gasteiger partial charge in [-0.15, -0.1) is 0 Å². The van der Waals surface area contributed by atoms with Crippen LogP contribution < -0.4 is 21.7 Å². The first-order valence-corrected chi connectivity index (χ1v) is 16.9. The zero-order valence-electron chi connectivity index (χ0n) is 28.5. The van der Waals surface area contributed by atoms with Crippen molar-refractivity contribution in [2.45, 2.75) is 102 Å². The van der Waals surface area contributed by atoms with E-state index < -0.39 is 53.1 Å². The van der Waals surface area contributed by atoms with Gasteiger partial charge in [-0.2, -0.15) is 5.10 Å². The van der Waals surface area contributed by atoms with Crippen LogP contribution in [0.3, 0.4) is 0 Å². The van der Waals surface area contributed by atoms with Gasteiger partial charge in [0, 0.05) is 30.5 Å². The van der Waals surface area contributed by atoms with Crippen molar-refractivity contribution in [3.8, 4) is 11.3 Å². The summed E-state index contributed by atoms with van der Waals surface area (Å²) in [5.41, 5.74) is -0.215. The van der Waals surface area contributed by atoms with Crippen LogP contribution in [0.2, 0.25) is 0 Å². The SMILES string of the molecule is Bc1cc(=O)n([C@@H]2C[C@H]3C(=O)N[C@]4(C(=O)OCC)C[C@H]4/C=C\CCCCC[C@H](NC(=O)OC(C)(C)C)C(=O)N3C2)nc1-c1ccccc1. The van der Waals surface area contributed by atoms with Gasteiger partial charge in [0.1, 0.15) is 31.1 Å². The highest BCUT2D eigenvalue weighted by Gasteiger charge is 2.62. The number of benzene rings is 1. The second kappa shape index (κ2) is 14.4. The zero-order chi connectivity index (χ0) is 34.6. The van der Waals surface area contributed by atoms with Crippen molar-refractivity contribution in [2.24, 2.45) is 5.92 Å². The Kier molecular flexibility index (Phi) is 10.5. The number of alkyl carbamates (subject to hydrolysis) is 1. The van der Waals surface area contributed by atoms with Crippen LogP contribution in [0.15, 0.2) is 53.3 Å². The third-order valence-electron chi connectivity index (χ3n) is 9.13. The summed E-state index contributed by atoms with van der Waals surface area (Å²) in [4.78, 5) is 69.5. The molecule has 0 unspecified atom stereocenters. The Balaban J connectivity index is 1.52. The minimum Gasteiger partial charge on any atom is -0.464 e. The Labute approximate surface area is 282 Å². The normalized spacial score (nSPS) is 27.0. The Morgan fingerprint density at radius 1 is 1.12 bits per heavy atom. The van der Waals surface area contributed by atoms with Gasteiger partial charge in [-0.1, -0.05) is 60.8 Å². The van der Waals surface area contributed by atoms with E-state index in [2.05, 4.69) is 10.6 Å². The molecule has 2 N–H and O–H groups in total. The molecule has 3 amide bonds. The summed E-state index contributed by atoms with van der Waals surface area (Å²) < 4.78 is 12.2. The van der Waals surface area contributed by atoms with Gasteiger partial charge in [-0.05, 0) is 53.4 Å². The van der Waals surface area contributed by atoms with Gasteiger partial charge in [0.25, 0.3) is 5.56 Å². The van der Waals surface area contributed by atoms with E-state index in [-0.39, 0.29) is 31.0 Å². The average molecular weight is 660 g/mol. The lowest BCUT2D eigenvalue weighted by Gasteiger charge is -2.30. The molecule has 5 rings (SSSR count). The van der Waals surface area contributed by atoms with E-state index >= 15 is 0 Å². The zero-order valence-corrected chi connectivity index (χ0v) is 28.5. The minimum atomic E-state index is -1.23. The molecule has 13 heteroatoms. The molecule has 1 aliphatic carbocycles. The number of amides is 3. The minimum absolute atomic E-state index is 0.00333. The molecule has 0 spiro atoms. The van der Waals surface area contributed by atoms with Crippen LogP contribution in [0, 0.1) is 5.92 Å². The van der Waals surface area contributed by atoms with Gasteiger partial charge >= 0.3 is 12.1 Å². The number of nitrogens with one attached hydrogen (secondary N) is 2. The Hall–Kier alpha value is -4.42. The summed E-state index contributed by atoms with van der Waals surface area (Å²) in [6, 6.07) is 8.34. The smallest absolute Gasteiger partial charge is 0.408 e. The number of aromatic nitrogens is 2. The second-order valence-electron chi connectivity index (χ2n) is 14.0. The van der Waals surface area contributed by atoms with Crippen LogP contribution in [-0.2, 0) is 23.9 Å². The number of allylic oxidation sites excluding steroid dienone is 1. The maximum Gasteiger partial charge on any atom is 0.408 e. The highest BCUT2D eigenvalue weighted by Crippen LogP contribution is 2.46. The molecular weight excluding hydrogens is 613 g/mol. The topological polar surface area (TPSA) is 149 Å². The van der Waals surface area contributed by atoms with Gasteiger partial charge in [-0.25, -0.2) is 14.3 Å². The summed E-state index contributed by atoms with van der Waals surface area (Å²) >= 11 is 0. The molecule has 48 heavy (non-hydrogen) atoms. The first kappa shape index (κ1) is 34.9. The van der Waals surface area contributed by atoms with E-state index in [4.69, 9.17) is 14.6 Å². The van der Waals surface area contributed by atoms with Crippen molar-refractivity contribution in [1.29, 1.82) is 0 Å². The number of fused-ring (bicyclic) bond motifs is 2. The standard InChI is InChI=1S/C35H46BN5O7/c1-5-47-32(45)35-20-23(35)16-12-7-6-8-13-17-26(37-33(46)48-34(2,3)4)31(44)40-21-24(18-27(40)30(43)38-35)41-28(42)19-25(36)29(39-41)22-14-10-9-11-15-22/h9-12,14-16,19,23-24,26-27H,5-8,13,17-18,20-21,36H2,1-4H3,(H,37,46)(H,38,43)/b16-12-/t23-,24-,26+,27+,35-/m1/s1. The summed E-state index contributed by atoms with van der Waals surface area (Å²) in [5, 5.41) is 10.4. The lowest BCUT2D eigenvalue weighted by atomic mass is 9.91. The number of esters is 1. The molecule has 0 bridgehead atoms. The Morgan fingerprint density at radius 2 is 1.88 bits per heavy atom. The molecule has 12 nitrogen and oxygen atoms in total. The van der Waals surface area contributed by atoms with Crippen molar-refractivity contribution in [2.75, 3.05) is 13.2 Å². The largest absolute Gasteiger partial charge is 0.464 e. The van der Waals surface area contributed by atoms with E-state index in [1.807, 2.05) is 50.3 Å². The van der Waals surface area contributed by atoms with E-state index in [0.29, 0.717) is 30.4 Å². The summed E-state index contributed by atoms with van der Waals surface area (Å²) in [6.45, 7) is 7.10. The number of carbonyl (C=O) groups excluding carboxylic acids is 4. The molecule has 5 atom stereocenters. The molecule has 0 radical (unpaired) electrons. The lowest BCUT2D eigenvalue weighted by molar-refractivity contribution is -0.150. The highest BCUT2D eigenvalue weighted by atomic mass is 16.6. The van der Waals surface area contributed by atoms with Crippen molar-refractivity contribution in [1.82, 2.24) is 25.3 Å². The highest BCUT2D eigenvalue weighted by molar-refractivity contribution is 6.35. The number of hydrogen-bond donors (Lipinski definition) is 2. The average Bonchev–Trinajstić information content (AvgIpc) is 3.53. The van der Waals surface area contributed by atoms with Crippen molar-refractivity contribution >= 4 is 37.2 Å². The summed E-state index contributed by atoms with van der Waals surface area (Å²) in [7, 11) is 1.82. The first-order valence-electron chi connectivity index (χ1n) is 16.9. The molecular formula is C35H46BN5O7. The Bertz CT molecular complexity index is 1620. The number of ether oxygens (including phenoxy) is 2. The maximum absolute atomic E-state index is 14.4. The monoisotopic (exact) mass is 659 g/mol. The van der Waals surface area contributed by atoms with Gasteiger partial charge < -0.3 is 25.0 Å². The molecule has 2 aliphatic heterocycles. The predicted molar refractivity (Wildman–Crippen MR) is 182 cm³/mol. The molecule has 1 saturated carbocycles. The van der Waals surface area contributed by atoms with E-state index in [9.17, 15) is 24.0 Å². The maximum atomic E-state index is 14.4. The fourth-order valence-electron chi connectivity index (χ4n) is 6.65. The van der Waals surface area contributed by atoms with Crippen LogP contribution in [0.5, 0.6) is 0 Å². The van der Waals surface area contributed by atoms with Crippen LogP contribution in [0.1, 0.15) is 78.7 Å². The fraction of sp³-hybridized carbons (Fsp3) is 0.543. The molecule has 3 aliphatic rings. The third-order valence-corrected chi connectivity index (χ3v) is 9.13. The van der Waals surface area contributed by atoms with Crippen molar-refractivity contribution in [3.63, 3.8) is 0 Å². The quantitative estimate of drug-likeness (QED) is 0.282. The van der Waals surface area contributed by atoms with Crippen molar-refractivity contribution in [3.05, 3.63) is 58.9 Å². The third kappa shape index (κ3) is 7.82. The molecule has 1 aromatic heterocycles. The fourth-order valence-corrected chi connectivity index (χ4v) is 6.65. The van der Waals surface area contributed by atoms with Crippen LogP contribution in [0.25, 0.3) is 11.3 Å². The van der Waals surface area contributed by atoms with E-state index in [1.165, 1.54) is 15.6 Å². The van der Waals surface area contributed by atoms with E-state index in [1.54, 1.807) is 27.7 Å². The number of nitrogens with zero attached hydrogens (tertiary/aromatic N) is 3. The number of hydrogen-bond acceptors (Lipinski definition) is 8. The molecule has 1 aromatic carbocycles. The van der Waals surface area contributed by atoms with Crippen molar-refractivity contribution < 1.29 is 28.7 Å². The molecule has 2 fully saturated rings. The summed E-state index contributed by atoms with van der Waals surface area (Å²) in [6.07, 6.45) is 7.17. The predicted octanol–water partition coefficient (Wildman–Crippen LogP) is 2.16. The molecule has 3 heterocycles. The van der Waals surface area contributed by atoms with Crippen LogP contribution in [0.4, 0.5) is 4.79 Å². The van der Waals surface area contributed by atoms with Gasteiger partial charge in [-0.3, -0.25) is 14.4 Å². The number of carbonyl (C=O) groups is 4. The number of rotatable bonds is 5. The molecule has 256 valence electrons. The first-order chi connectivity index (χ1) is 22.8. The van der Waals surface area contributed by atoms with Gasteiger partial charge in [0.15, 0.2) is 0 Å². The lowest BCUT2D eigenvalue weighted by Crippen LogP contribution is -2.56. The second-order valence-corrected chi connectivity index (χ2v) is 14.0. The Morgan fingerprint density at radius 3 is 2.58 bits per heavy atom. The summed E-state index contributed by atoms with van der Waals surface area (Å²) in [5.74, 6) is -1.73. The molecule has 2 aromatic rings. The van der Waals surface area contributed by atoms with Crippen LogP contribution >= 0.6 is 0 Å². The van der Waals surface area contributed by atoms with Gasteiger partial charge in [0.2, 0.25) is 11.8 Å².